The lowest BCUT2D eigenvalue weighted by atomic mass is 9.85. The molecule has 4 fully saturated rings. The standard InChI is InChI=1S/C20H33N3O3/c1-4-21(5-2)19(24)18-16-11-22(12-17(16)18)14-7-13-8-15(9-14)23(10-13)20(25)26-6-3/h13-18H,4-12H2,1-3H3/t13?,14?,15?,16-,17+,18-. The van der Waals surface area contributed by atoms with Gasteiger partial charge in [0.1, 0.15) is 0 Å². The molecule has 2 saturated carbocycles. The highest BCUT2D eigenvalue weighted by Crippen LogP contribution is 2.54. The van der Waals surface area contributed by atoms with Crippen LogP contribution in [0.5, 0.6) is 0 Å². The highest BCUT2D eigenvalue weighted by Gasteiger charge is 2.61. The van der Waals surface area contributed by atoms with Gasteiger partial charge in [-0.3, -0.25) is 9.69 Å². The molecule has 2 aliphatic carbocycles. The molecule has 4 aliphatic rings. The Labute approximate surface area is 156 Å². The molecule has 2 bridgehead atoms. The number of carbonyl (C=O) groups is 2. The van der Waals surface area contributed by atoms with Crippen LogP contribution in [0.15, 0.2) is 0 Å². The minimum Gasteiger partial charge on any atom is -0.450 e. The fraction of sp³-hybridized carbons (Fsp3) is 0.900. The summed E-state index contributed by atoms with van der Waals surface area (Å²) in [6.07, 6.45) is 3.28. The second kappa shape index (κ2) is 7.02. The van der Waals surface area contributed by atoms with Crippen LogP contribution in [-0.4, -0.2) is 78.1 Å². The van der Waals surface area contributed by atoms with Crippen molar-refractivity contribution in [3.05, 3.63) is 0 Å². The number of piperidine rings is 1. The van der Waals surface area contributed by atoms with Gasteiger partial charge in [0, 0.05) is 50.7 Å². The zero-order valence-corrected chi connectivity index (χ0v) is 16.4. The summed E-state index contributed by atoms with van der Waals surface area (Å²) in [5, 5.41) is 0. The summed E-state index contributed by atoms with van der Waals surface area (Å²) in [4.78, 5) is 31.4. The van der Waals surface area contributed by atoms with Crippen LogP contribution in [0.3, 0.4) is 0 Å². The van der Waals surface area contributed by atoms with E-state index >= 15 is 0 Å². The number of hydrogen-bond donors (Lipinski definition) is 0. The van der Waals surface area contributed by atoms with E-state index in [-0.39, 0.29) is 12.0 Å². The Kier molecular flexibility index (Phi) is 4.88. The van der Waals surface area contributed by atoms with Crippen molar-refractivity contribution in [3.8, 4) is 0 Å². The summed E-state index contributed by atoms with van der Waals surface area (Å²) in [6, 6.07) is 0.929. The van der Waals surface area contributed by atoms with Crippen molar-refractivity contribution in [2.24, 2.45) is 23.7 Å². The van der Waals surface area contributed by atoms with Crippen molar-refractivity contribution in [2.45, 2.75) is 52.1 Å². The van der Waals surface area contributed by atoms with E-state index in [1.165, 1.54) is 6.42 Å². The maximum absolute atomic E-state index is 12.6. The van der Waals surface area contributed by atoms with E-state index in [0.717, 1.165) is 45.6 Å². The molecule has 0 N–H and O–H groups in total. The molecular weight excluding hydrogens is 330 g/mol. The Bertz CT molecular complexity index is 553. The van der Waals surface area contributed by atoms with E-state index in [4.69, 9.17) is 4.74 Å². The molecule has 0 spiro atoms. The summed E-state index contributed by atoms with van der Waals surface area (Å²) in [5.74, 6) is 2.42. The maximum Gasteiger partial charge on any atom is 0.410 e. The van der Waals surface area contributed by atoms with Crippen LogP contribution in [-0.2, 0) is 9.53 Å². The highest BCUT2D eigenvalue weighted by molar-refractivity contribution is 5.82. The van der Waals surface area contributed by atoms with Gasteiger partial charge < -0.3 is 14.5 Å². The predicted octanol–water partition coefficient (Wildman–Crippen LogP) is 2.04. The minimum atomic E-state index is -0.130. The average molecular weight is 364 g/mol. The number of amides is 2. The summed E-state index contributed by atoms with van der Waals surface area (Å²) in [5.41, 5.74) is 0. The monoisotopic (exact) mass is 363 g/mol. The van der Waals surface area contributed by atoms with Crippen molar-refractivity contribution in [3.63, 3.8) is 0 Å². The fourth-order valence-corrected chi connectivity index (χ4v) is 5.90. The molecule has 2 saturated heterocycles. The van der Waals surface area contributed by atoms with Gasteiger partial charge in [0.05, 0.1) is 6.61 Å². The maximum atomic E-state index is 12.6. The normalized spacial score (nSPS) is 38.2. The first-order valence-corrected chi connectivity index (χ1v) is 10.5. The highest BCUT2D eigenvalue weighted by atomic mass is 16.6. The van der Waals surface area contributed by atoms with Gasteiger partial charge >= 0.3 is 6.09 Å². The topological polar surface area (TPSA) is 53.1 Å². The molecule has 6 atom stereocenters. The smallest absolute Gasteiger partial charge is 0.410 e. The Morgan fingerprint density at radius 3 is 2.23 bits per heavy atom. The number of ether oxygens (including phenoxy) is 1. The lowest BCUT2D eigenvalue weighted by Gasteiger charge is -2.36. The van der Waals surface area contributed by atoms with E-state index in [0.29, 0.717) is 42.4 Å². The van der Waals surface area contributed by atoms with Crippen LogP contribution < -0.4 is 0 Å². The van der Waals surface area contributed by atoms with Gasteiger partial charge in [-0.1, -0.05) is 0 Å². The number of rotatable bonds is 5. The third kappa shape index (κ3) is 3.00. The van der Waals surface area contributed by atoms with Crippen molar-refractivity contribution < 1.29 is 14.3 Å². The zero-order chi connectivity index (χ0) is 18.4. The molecule has 0 aromatic carbocycles. The molecule has 0 radical (unpaired) electrons. The Morgan fingerprint density at radius 2 is 1.62 bits per heavy atom. The minimum absolute atomic E-state index is 0.130. The third-order valence-corrected chi connectivity index (χ3v) is 7.25. The molecule has 26 heavy (non-hydrogen) atoms. The number of fused-ring (bicyclic) bond motifs is 3. The summed E-state index contributed by atoms with van der Waals surface area (Å²) >= 11 is 0. The van der Waals surface area contributed by atoms with E-state index in [9.17, 15) is 9.59 Å². The van der Waals surface area contributed by atoms with Crippen molar-refractivity contribution in [1.29, 1.82) is 0 Å². The molecule has 0 aromatic rings. The molecule has 6 nitrogen and oxygen atoms in total. The first-order chi connectivity index (χ1) is 12.6. The molecule has 2 amide bonds. The van der Waals surface area contributed by atoms with Crippen molar-refractivity contribution in [2.75, 3.05) is 39.3 Å². The molecule has 6 heteroatoms. The quantitative estimate of drug-likeness (QED) is 0.750. The second-order valence-electron chi connectivity index (χ2n) is 8.55. The second-order valence-corrected chi connectivity index (χ2v) is 8.55. The molecule has 146 valence electrons. The Morgan fingerprint density at radius 1 is 0.962 bits per heavy atom. The van der Waals surface area contributed by atoms with Gasteiger partial charge in [-0.25, -0.2) is 4.79 Å². The SMILES string of the molecule is CCOC(=O)N1CC2CC(N3C[C@@H]4[C@H](C3)[C@@H]4C(=O)N(CC)CC)CC1C2. The summed E-state index contributed by atoms with van der Waals surface area (Å²) in [6.45, 7) is 11.1. The first kappa shape index (κ1) is 18.1. The van der Waals surface area contributed by atoms with Crippen LogP contribution in [0, 0.1) is 23.7 Å². The van der Waals surface area contributed by atoms with Crippen molar-refractivity contribution >= 4 is 12.0 Å². The van der Waals surface area contributed by atoms with Crippen LogP contribution in [0.4, 0.5) is 4.79 Å². The van der Waals surface area contributed by atoms with Crippen LogP contribution in [0.2, 0.25) is 0 Å². The lowest BCUT2D eigenvalue weighted by molar-refractivity contribution is -0.133. The fourth-order valence-electron chi connectivity index (χ4n) is 5.90. The molecular formula is C20H33N3O3. The van der Waals surface area contributed by atoms with E-state index in [1.807, 2.05) is 16.7 Å². The summed E-state index contributed by atoms with van der Waals surface area (Å²) < 4.78 is 5.23. The Balaban J connectivity index is 1.31. The van der Waals surface area contributed by atoms with Gasteiger partial charge in [-0.2, -0.15) is 0 Å². The molecule has 4 rings (SSSR count). The lowest BCUT2D eigenvalue weighted by Crippen LogP contribution is -2.44. The van der Waals surface area contributed by atoms with Gasteiger partial charge in [-0.15, -0.1) is 0 Å². The van der Waals surface area contributed by atoms with Crippen LogP contribution in [0.25, 0.3) is 0 Å². The Hall–Kier alpha value is -1.30. The molecule has 2 heterocycles. The van der Waals surface area contributed by atoms with Gasteiger partial charge in [0.15, 0.2) is 0 Å². The van der Waals surface area contributed by atoms with Crippen molar-refractivity contribution in [1.82, 2.24) is 14.7 Å². The van der Waals surface area contributed by atoms with E-state index < -0.39 is 0 Å². The van der Waals surface area contributed by atoms with Gasteiger partial charge in [0.25, 0.3) is 0 Å². The average Bonchev–Trinajstić information content (AvgIpc) is 2.97. The molecule has 2 aliphatic heterocycles. The van der Waals surface area contributed by atoms with E-state index in [1.54, 1.807) is 0 Å². The number of likely N-dealkylation sites (tertiary alicyclic amines) is 2. The largest absolute Gasteiger partial charge is 0.450 e. The van der Waals surface area contributed by atoms with Crippen LogP contribution >= 0.6 is 0 Å². The summed E-state index contributed by atoms with van der Waals surface area (Å²) in [7, 11) is 0. The van der Waals surface area contributed by atoms with E-state index in [2.05, 4.69) is 18.7 Å². The number of carbonyl (C=O) groups excluding carboxylic acids is 2. The molecule has 0 aromatic heterocycles. The number of hydrogen-bond acceptors (Lipinski definition) is 4. The van der Waals surface area contributed by atoms with Gasteiger partial charge in [-0.05, 0) is 57.8 Å². The zero-order valence-electron chi connectivity index (χ0n) is 16.4. The first-order valence-electron chi connectivity index (χ1n) is 10.5. The number of nitrogens with zero attached hydrogens (tertiary/aromatic N) is 3. The molecule has 3 unspecified atom stereocenters. The van der Waals surface area contributed by atoms with Gasteiger partial charge in [0.2, 0.25) is 5.91 Å². The van der Waals surface area contributed by atoms with Crippen LogP contribution in [0.1, 0.15) is 40.0 Å². The third-order valence-electron chi connectivity index (χ3n) is 7.25. The predicted molar refractivity (Wildman–Crippen MR) is 98.6 cm³/mol.